The number of amides is 1. The van der Waals surface area contributed by atoms with Gasteiger partial charge in [0.05, 0.1) is 9.40 Å². The molecular formula is C27H21BrClN3O4. The summed E-state index contributed by atoms with van der Waals surface area (Å²) in [5.41, 5.74) is 3.26. The number of nitro benzene ring substituents is 1. The monoisotopic (exact) mass is 565 g/mol. The van der Waals surface area contributed by atoms with E-state index in [2.05, 4.69) is 27.8 Å². The quantitative estimate of drug-likeness (QED) is 0.0971. The van der Waals surface area contributed by atoms with Crippen molar-refractivity contribution in [2.45, 2.75) is 20.0 Å². The van der Waals surface area contributed by atoms with Gasteiger partial charge in [0.15, 0.2) is 0 Å². The van der Waals surface area contributed by atoms with E-state index in [1.165, 1.54) is 18.2 Å². The number of hydrogen-bond acceptors (Lipinski definition) is 5. The lowest BCUT2D eigenvalue weighted by Crippen LogP contribution is -2.13. The minimum atomic E-state index is -0.565. The van der Waals surface area contributed by atoms with Gasteiger partial charge < -0.3 is 10.1 Å². The number of aryl methyl sites for hydroxylation is 1. The number of ether oxygens (including phenoxy) is 1. The molecule has 9 heteroatoms. The van der Waals surface area contributed by atoms with E-state index in [0.717, 1.165) is 11.1 Å². The Hall–Kier alpha value is -3.93. The van der Waals surface area contributed by atoms with Crippen molar-refractivity contribution in [1.82, 2.24) is 0 Å². The first-order valence-electron chi connectivity index (χ1n) is 10.7. The molecule has 3 aromatic carbocycles. The van der Waals surface area contributed by atoms with Crippen LogP contribution in [0.15, 0.2) is 77.3 Å². The lowest BCUT2D eigenvalue weighted by molar-refractivity contribution is -0.384. The minimum absolute atomic E-state index is 0.0165. The number of nitrogens with zero attached hydrogens (tertiary/aromatic N) is 2. The average molecular weight is 567 g/mol. The molecule has 182 valence electrons. The van der Waals surface area contributed by atoms with Crippen molar-refractivity contribution in [2.75, 3.05) is 5.32 Å². The summed E-state index contributed by atoms with van der Waals surface area (Å²) in [5, 5.41) is 23.8. The number of carbonyl (C=O) groups excluding carboxylic acids is 1. The molecule has 0 unspecified atom stereocenters. The molecular weight excluding hydrogens is 546 g/mol. The van der Waals surface area contributed by atoms with Crippen LogP contribution in [0.3, 0.4) is 0 Å². The third kappa shape index (κ3) is 6.81. The van der Waals surface area contributed by atoms with E-state index >= 15 is 0 Å². The molecule has 0 bridgehead atoms. The third-order valence-electron chi connectivity index (χ3n) is 5.12. The van der Waals surface area contributed by atoms with Gasteiger partial charge in [0.25, 0.3) is 11.6 Å². The number of nitrogens with one attached hydrogen (secondary N) is 1. The average Bonchev–Trinajstić information content (AvgIpc) is 2.84. The SMILES string of the molecule is C=CCc1cc(/C=C(/C#N)C(=O)Nc2ccc(C)c(Cl)c2)cc(Br)c1OCc1cccc([N+](=O)[O-])c1. The van der Waals surface area contributed by atoms with Crippen LogP contribution in [0.2, 0.25) is 5.02 Å². The second kappa shape index (κ2) is 12.2. The Balaban J connectivity index is 1.85. The number of nitro groups is 1. The summed E-state index contributed by atoms with van der Waals surface area (Å²) in [6.45, 7) is 5.75. The number of carbonyl (C=O) groups is 1. The lowest BCUT2D eigenvalue weighted by Gasteiger charge is -2.14. The van der Waals surface area contributed by atoms with Crippen LogP contribution in [0.4, 0.5) is 11.4 Å². The highest BCUT2D eigenvalue weighted by Crippen LogP contribution is 2.33. The van der Waals surface area contributed by atoms with Gasteiger partial charge in [-0.25, -0.2) is 0 Å². The Kier molecular flexibility index (Phi) is 9.01. The predicted octanol–water partition coefficient (Wildman–Crippen LogP) is 7.17. The molecule has 0 fully saturated rings. The normalized spacial score (nSPS) is 10.9. The van der Waals surface area contributed by atoms with Gasteiger partial charge in [-0.2, -0.15) is 5.26 Å². The van der Waals surface area contributed by atoms with E-state index in [1.54, 1.807) is 48.5 Å². The molecule has 0 radical (unpaired) electrons. The van der Waals surface area contributed by atoms with E-state index in [9.17, 15) is 20.2 Å². The largest absolute Gasteiger partial charge is 0.487 e. The maximum atomic E-state index is 12.7. The molecule has 0 heterocycles. The molecule has 0 aliphatic rings. The lowest BCUT2D eigenvalue weighted by atomic mass is 10.0. The summed E-state index contributed by atoms with van der Waals surface area (Å²) >= 11 is 9.62. The van der Waals surface area contributed by atoms with Gasteiger partial charge in [0.1, 0.15) is 24.0 Å². The fourth-order valence-corrected chi connectivity index (χ4v) is 4.14. The topological polar surface area (TPSA) is 105 Å². The van der Waals surface area contributed by atoms with Gasteiger partial charge in [-0.05, 0) is 81.9 Å². The summed E-state index contributed by atoms with van der Waals surface area (Å²) in [4.78, 5) is 23.3. The van der Waals surface area contributed by atoms with E-state index in [4.69, 9.17) is 16.3 Å². The second-order valence-corrected chi connectivity index (χ2v) is 9.05. The Labute approximate surface area is 221 Å². The molecule has 0 saturated heterocycles. The molecule has 0 spiro atoms. The first kappa shape index (κ1) is 26.7. The second-order valence-electron chi connectivity index (χ2n) is 7.79. The van der Waals surface area contributed by atoms with Crippen LogP contribution < -0.4 is 10.1 Å². The molecule has 0 aromatic heterocycles. The van der Waals surface area contributed by atoms with Crippen LogP contribution in [0.25, 0.3) is 6.08 Å². The predicted molar refractivity (Wildman–Crippen MR) is 144 cm³/mol. The molecule has 3 aromatic rings. The van der Waals surface area contributed by atoms with Crippen molar-refractivity contribution < 1.29 is 14.5 Å². The summed E-state index contributed by atoms with van der Waals surface area (Å²) in [6, 6.07) is 16.8. The molecule has 0 aliphatic heterocycles. The van der Waals surface area contributed by atoms with Crippen LogP contribution in [0, 0.1) is 28.4 Å². The molecule has 36 heavy (non-hydrogen) atoms. The first-order chi connectivity index (χ1) is 17.2. The summed E-state index contributed by atoms with van der Waals surface area (Å²) < 4.78 is 6.58. The third-order valence-corrected chi connectivity index (χ3v) is 6.11. The standard InChI is InChI=1S/C27H21BrClN3O4/c1-3-5-20-10-19(11-21(15-30)27(33)31-22-9-8-17(2)25(29)14-22)13-24(28)26(20)36-16-18-6-4-7-23(12-18)32(34)35/h3-4,6-14H,1,5,16H2,2H3,(H,31,33)/b21-11-. The fraction of sp³-hybridized carbons (Fsp3) is 0.111. The highest BCUT2D eigenvalue weighted by atomic mass is 79.9. The fourth-order valence-electron chi connectivity index (χ4n) is 3.33. The number of allylic oxidation sites excluding steroid dienone is 1. The van der Waals surface area contributed by atoms with Crippen LogP contribution in [0.1, 0.15) is 22.3 Å². The van der Waals surface area contributed by atoms with Crippen LogP contribution in [0.5, 0.6) is 5.75 Å². The highest BCUT2D eigenvalue weighted by Gasteiger charge is 2.14. The summed E-state index contributed by atoms with van der Waals surface area (Å²) in [7, 11) is 0. The van der Waals surface area contributed by atoms with Crippen LogP contribution in [-0.2, 0) is 17.8 Å². The summed E-state index contributed by atoms with van der Waals surface area (Å²) in [5.74, 6) is -0.0272. The number of rotatable bonds is 9. The van der Waals surface area contributed by atoms with Gasteiger partial charge in [-0.15, -0.1) is 6.58 Å². The van der Waals surface area contributed by atoms with Crippen molar-refractivity contribution >= 4 is 50.9 Å². The van der Waals surface area contributed by atoms with Gasteiger partial charge in [-0.3, -0.25) is 14.9 Å². The molecule has 7 nitrogen and oxygen atoms in total. The molecule has 3 rings (SSSR count). The Morgan fingerprint density at radius 2 is 2.06 bits per heavy atom. The van der Waals surface area contributed by atoms with Crippen LogP contribution in [-0.4, -0.2) is 10.8 Å². The number of benzene rings is 3. The number of anilines is 1. The first-order valence-corrected chi connectivity index (χ1v) is 11.9. The maximum absolute atomic E-state index is 12.7. The molecule has 1 amide bonds. The molecule has 1 N–H and O–H groups in total. The number of nitriles is 1. The minimum Gasteiger partial charge on any atom is -0.487 e. The van der Waals surface area contributed by atoms with E-state index < -0.39 is 10.8 Å². The zero-order chi connectivity index (χ0) is 26.2. The molecule has 0 aliphatic carbocycles. The molecule has 0 saturated carbocycles. The van der Waals surface area contributed by atoms with Gasteiger partial charge >= 0.3 is 0 Å². The van der Waals surface area contributed by atoms with Crippen molar-refractivity contribution in [2.24, 2.45) is 0 Å². The van der Waals surface area contributed by atoms with Gasteiger partial charge in [0, 0.05) is 22.8 Å². The zero-order valence-electron chi connectivity index (χ0n) is 19.3. The number of non-ortho nitro benzene ring substituents is 1. The van der Waals surface area contributed by atoms with Crippen molar-refractivity contribution in [3.63, 3.8) is 0 Å². The molecule has 0 atom stereocenters. The van der Waals surface area contributed by atoms with E-state index in [-0.39, 0.29) is 17.9 Å². The smallest absolute Gasteiger partial charge is 0.269 e. The zero-order valence-corrected chi connectivity index (χ0v) is 21.6. The number of hydrogen-bond donors (Lipinski definition) is 1. The van der Waals surface area contributed by atoms with Crippen molar-refractivity contribution in [1.29, 1.82) is 5.26 Å². The van der Waals surface area contributed by atoms with E-state index in [0.29, 0.717) is 38.5 Å². The Bertz CT molecular complexity index is 1410. The van der Waals surface area contributed by atoms with Gasteiger partial charge in [-0.1, -0.05) is 35.9 Å². The van der Waals surface area contributed by atoms with Crippen molar-refractivity contribution in [3.8, 4) is 11.8 Å². The van der Waals surface area contributed by atoms with Crippen molar-refractivity contribution in [3.05, 3.63) is 115 Å². The van der Waals surface area contributed by atoms with Gasteiger partial charge in [0.2, 0.25) is 0 Å². The highest BCUT2D eigenvalue weighted by molar-refractivity contribution is 9.10. The maximum Gasteiger partial charge on any atom is 0.269 e. The Morgan fingerprint density at radius 1 is 1.28 bits per heavy atom. The van der Waals surface area contributed by atoms with E-state index in [1.807, 2.05) is 13.0 Å². The Morgan fingerprint density at radius 3 is 2.72 bits per heavy atom. The summed E-state index contributed by atoms with van der Waals surface area (Å²) in [6.07, 6.45) is 3.64. The van der Waals surface area contributed by atoms with Crippen LogP contribution >= 0.6 is 27.5 Å². The number of halogens is 2.